The second-order valence-electron chi connectivity index (χ2n) is 18.9. The van der Waals surface area contributed by atoms with E-state index in [1.807, 2.05) is 56.7 Å². The van der Waals surface area contributed by atoms with E-state index in [0.717, 1.165) is 36.8 Å². The second kappa shape index (κ2) is 27.9. The summed E-state index contributed by atoms with van der Waals surface area (Å²) in [5.41, 5.74) is 5.96. The van der Waals surface area contributed by atoms with Crippen LogP contribution in [0.3, 0.4) is 0 Å². The zero-order valence-corrected chi connectivity index (χ0v) is 49.9. The van der Waals surface area contributed by atoms with Gasteiger partial charge >= 0.3 is 0 Å². The van der Waals surface area contributed by atoms with Crippen molar-refractivity contribution < 1.29 is 4.79 Å². The van der Waals surface area contributed by atoms with Gasteiger partial charge in [-0.2, -0.15) is 0 Å². The van der Waals surface area contributed by atoms with Crippen LogP contribution in [0.2, 0.25) is 0 Å². The van der Waals surface area contributed by atoms with Crippen molar-refractivity contribution >= 4 is 113 Å². The predicted octanol–water partition coefficient (Wildman–Crippen LogP) is 23.4. The lowest BCUT2D eigenvalue weighted by Gasteiger charge is -2.02. The summed E-state index contributed by atoms with van der Waals surface area (Å²) < 4.78 is 1.24. The highest BCUT2D eigenvalue weighted by Crippen LogP contribution is 2.48. The second-order valence-corrected chi connectivity index (χ2v) is 29.0. The summed E-state index contributed by atoms with van der Waals surface area (Å²) in [5.74, 6) is 0. The molecule has 0 spiro atoms. The van der Waals surface area contributed by atoms with Crippen LogP contribution in [0.4, 0.5) is 0 Å². The fraction of sp³-hybridized carbons (Fsp3) is 0.450. The molecule has 1 nitrogen and oxygen atoms in total. The number of carbonyl (C=O) groups is 1. The van der Waals surface area contributed by atoms with E-state index in [9.17, 15) is 4.79 Å². The Morgan fingerprint density at radius 3 is 1.04 bits per heavy atom. The molecule has 0 aliphatic heterocycles. The first-order valence-corrected chi connectivity index (χ1v) is 33.7. The van der Waals surface area contributed by atoms with Crippen LogP contribution < -0.4 is 0 Å². The first kappa shape index (κ1) is 54.0. The van der Waals surface area contributed by atoms with Gasteiger partial charge in [-0.3, -0.25) is 4.79 Å². The van der Waals surface area contributed by atoms with Crippen molar-refractivity contribution in [2.45, 2.75) is 175 Å². The number of aldehydes is 1. The van der Waals surface area contributed by atoms with Gasteiger partial charge in [0.1, 0.15) is 0 Å². The zero-order valence-electron chi connectivity index (χ0n) is 41.8. The number of unbranched alkanes of at least 4 members (excludes halogenated alkanes) is 12. The fourth-order valence-corrected chi connectivity index (χ4v) is 19.5. The van der Waals surface area contributed by atoms with E-state index in [0.29, 0.717) is 0 Å². The molecule has 10 heteroatoms. The molecule has 0 fully saturated rings. The van der Waals surface area contributed by atoms with Crippen LogP contribution in [0.5, 0.6) is 0 Å². The Balaban J connectivity index is 0.958. The molecule has 0 saturated heterocycles. The van der Waals surface area contributed by atoms with Crippen LogP contribution in [-0.2, 0) is 38.5 Å². The minimum Gasteiger partial charge on any atom is -0.297 e. The summed E-state index contributed by atoms with van der Waals surface area (Å²) in [6, 6.07) is 28.5. The number of carbonyl (C=O) groups excluding carboxylic acids is 1. The van der Waals surface area contributed by atoms with Crippen molar-refractivity contribution in [2.24, 2.45) is 0 Å². The summed E-state index contributed by atoms with van der Waals surface area (Å²) in [7, 11) is 0. The summed E-state index contributed by atoms with van der Waals surface area (Å²) in [5, 5.41) is 0. The van der Waals surface area contributed by atoms with Gasteiger partial charge in [0.2, 0.25) is 0 Å². The Labute approximate surface area is 460 Å². The quantitative estimate of drug-likeness (QED) is 0.0313. The molecule has 0 bridgehead atoms. The van der Waals surface area contributed by atoms with E-state index in [1.165, 1.54) is 200 Å². The van der Waals surface area contributed by atoms with Gasteiger partial charge in [-0.05, 0) is 182 Å². The lowest BCUT2D eigenvalue weighted by Crippen LogP contribution is -1.87. The zero-order chi connectivity index (χ0) is 48.7. The van der Waals surface area contributed by atoms with Crippen molar-refractivity contribution in [3.8, 4) is 58.5 Å². The lowest BCUT2D eigenvalue weighted by molar-refractivity contribution is 0.112. The molecule has 8 aromatic rings. The Morgan fingerprint density at radius 2 is 0.671 bits per heavy atom. The molecule has 0 saturated carbocycles. The molecule has 372 valence electrons. The monoisotopic (exact) mass is 1140 g/mol. The number of thiophene rings is 8. The summed E-state index contributed by atoms with van der Waals surface area (Å²) >= 11 is 19.3. The van der Waals surface area contributed by atoms with Crippen molar-refractivity contribution in [1.82, 2.24) is 0 Å². The molecule has 70 heavy (non-hydrogen) atoms. The third-order valence-electron chi connectivity index (χ3n) is 13.3. The molecule has 0 aliphatic rings. The Hall–Kier alpha value is -2.25. The maximum Gasteiger partial charge on any atom is 0.160 e. The van der Waals surface area contributed by atoms with E-state index >= 15 is 0 Å². The van der Waals surface area contributed by atoms with Crippen molar-refractivity contribution in [3.05, 3.63) is 113 Å². The molecular formula is C60H71BrOS8. The summed E-state index contributed by atoms with van der Waals surface area (Å²) in [4.78, 5) is 32.5. The number of hydrogen-bond donors (Lipinski definition) is 0. The van der Waals surface area contributed by atoms with Crippen LogP contribution in [0.15, 0.2) is 76.6 Å². The number of rotatable bonds is 31. The molecule has 0 atom stereocenters. The highest BCUT2D eigenvalue weighted by molar-refractivity contribution is 9.11. The van der Waals surface area contributed by atoms with Crippen LogP contribution in [0.25, 0.3) is 58.5 Å². The average Bonchev–Trinajstić information content (AvgIpc) is 4.22. The highest BCUT2D eigenvalue weighted by atomic mass is 79.9. The Bertz CT molecular complexity index is 2820. The summed E-state index contributed by atoms with van der Waals surface area (Å²) in [6.45, 7) is 9.18. The maximum atomic E-state index is 11.8. The molecule has 8 aromatic heterocycles. The van der Waals surface area contributed by atoms with Crippen LogP contribution in [-0.4, -0.2) is 6.29 Å². The topological polar surface area (TPSA) is 17.1 Å². The van der Waals surface area contributed by atoms with Gasteiger partial charge in [-0.25, -0.2) is 0 Å². The largest absolute Gasteiger partial charge is 0.297 e. The smallest absolute Gasteiger partial charge is 0.160 e. The molecule has 0 amide bonds. The van der Waals surface area contributed by atoms with Gasteiger partial charge in [-0.1, -0.05) is 105 Å². The van der Waals surface area contributed by atoms with Crippen molar-refractivity contribution in [1.29, 1.82) is 0 Å². The molecule has 8 heterocycles. The molecule has 0 aromatic carbocycles. The number of aryl methyl sites for hydroxylation is 6. The van der Waals surface area contributed by atoms with E-state index in [2.05, 4.69) is 139 Å². The fourth-order valence-electron chi connectivity index (χ4n) is 9.47. The molecule has 0 unspecified atom stereocenters. The Morgan fingerprint density at radius 1 is 0.343 bits per heavy atom. The average molecular weight is 1140 g/mol. The van der Waals surface area contributed by atoms with Gasteiger partial charge in [-0.15, -0.1) is 90.7 Å². The number of halogens is 1. The minimum atomic E-state index is 0.845. The Kier molecular flexibility index (Phi) is 21.5. The van der Waals surface area contributed by atoms with E-state index in [1.54, 1.807) is 27.3 Å². The standard InChI is InChI=1S/C60H71BrOS8/c1-5-9-13-17-22-41-36-45(63-57(41)52-32-28-48(66-52)49-30-34-54(68-49)59-43(24-19-15-11-7-3)38-47(40-62)65-59)26-21-27-46-37-42(23-18-14-10-6-2)58(64-46)53-33-29-50(67-53)51-31-35-55(69-51)60-44(39-56(61)70-60)25-20-16-12-8-4/h28-40H,5-27H2,1-4H3. The molecule has 0 radical (unpaired) electrons. The highest BCUT2D eigenvalue weighted by Gasteiger charge is 2.20. The van der Waals surface area contributed by atoms with Gasteiger partial charge in [0.05, 0.1) is 8.66 Å². The minimum absolute atomic E-state index is 0.845. The predicted molar refractivity (Wildman–Crippen MR) is 325 cm³/mol. The molecule has 8 rings (SSSR count). The van der Waals surface area contributed by atoms with Crippen LogP contribution in [0, 0.1) is 0 Å². The van der Waals surface area contributed by atoms with Crippen LogP contribution in [0.1, 0.15) is 179 Å². The SMILES string of the molecule is CCCCCCc1cc(Br)sc1-c1ccc(-c2ccc(-c3sc(CCCc4cc(CCCCCC)c(-c5ccc(-c6ccc(-c7sc(C=O)cc7CCCCCC)s6)s5)s4)cc3CCCCCC)s2)s1. The third kappa shape index (κ3) is 14.5. The third-order valence-corrected chi connectivity index (χ3v) is 24.0. The normalized spacial score (nSPS) is 11.7. The first-order chi connectivity index (χ1) is 34.4. The van der Waals surface area contributed by atoms with Crippen molar-refractivity contribution in [2.75, 3.05) is 0 Å². The van der Waals surface area contributed by atoms with E-state index < -0.39 is 0 Å². The van der Waals surface area contributed by atoms with Gasteiger partial charge < -0.3 is 0 Å². The van der Waals surface area contributed by atoms with Gasteiger partial charge in [0.25, 0.3) is 0 Å². The van der Waals surface area contributed by atoms with E-state index in [-0.39, 0.29) is 0 Å². The van der Waals surface area contributed by atoms with Gasteiger partial charge in [0.15, 0.2) is 6.29 Å². The maximum absolute atomic E-state index is 11.8. The van der Waals surface area contributed by atoms with E-state index in [4.69, 9.17) is 0 Å². The molecule has 0 N–H and O–H groups in total. The van der Waals surface area contributed by atoms with Crippen molar-refractivity contribution in [3.63, 3.8) is 0 Å². The molecule has 0 aliphatic carbocycles. The molecular weight excluding hydrogens is 1070 g/mol. The lowest BCUT2D eigenvalue weighted by atomic mass is 10.0. The van der Waals surface area contributed by atoms with Gasteiger partial charge in [0, 0.05) is 68.3 Å². The number of hydrogen-bond acceptors (Lipinski definition) is 9. The first-order valence-electron chi connectivity index (χ1n) is 26.4. The summed E-state index contributed by atoms with van der Waals surface area (Å²) in [6.07, 6.45) is 29.5. The van der Waals surface area contributed by atoms with Crippen LogP contribution >= 0.6 is 107 Å².